The van der Waals surface area contributed by atoms with Crippen LogP contribution in [-0.4, -0.2) is 5.11 Å². The minimum absolute atomic E-state index is 0.287. The molecular weight excluding hydrogens is 344 g/mol. The van der Waals surface area contributed by atoms with E-state index in [4.69, 9.17) is 0 Å². The van der Waals surface area contributed by atoms with Gasteiger partial charge in [-0.2, -0.15) is 0 Å². The molecule has 3 heteroatoms. The molecule has 0 atom stereocenters. The van der Waals surface area contributed by atoms with Gasteiger partial charge < -0.3 is 5.11 Å². The number of benzene rings is 3. The fourth-order valence-corrected chi connectivity index (χ4v) is 4.25. The molecule has 21 heavy (non-hydrogen) atoms. The van der Waals surface area contributed by atoms with E-state index in [1.54, 1.807) is 11.3 Å². The van der Waals surface area contributed by atoms with Crippen LogP contribution in [0.25, 0.3) is 31.3 Å². The van der Waals surface area contributed by atoms with Gasteiger partial charge in [0.2, 0.25) is 0 Å². The van der Waals surface area contributed by atoms with Crippen LogP contribution in [0.5, 0.6) is 5.75 Å². The van der Waals surface area contributed by atoms with Crippen molar-refractivity contribution in [2.45, 2.75) is 0 Å². The van der Waals surface area contributed by atoms with Crippen LogP contribution in [0.1, 0.15) is 0 Å². The maximum atomic E-state index is 9.89. The van der Waals surface area contributed by atoms with Crippen molar-refractivity contribution in [3.8, 4) is 16.9 Å². The molecule has 1 heterocycles. The minimum atomic E-state index is 0.287. The molecule has 0 saturated heterocycles. The highest BCUT2D eigenvalue weighted by Crippen LogP contribution is 2.42. The van der Waals surface area contributed by atoms with E-state index in [0.29, 0.717) is 0 Å². The summed E-state index contributed by atoms with van der Waals surface area (Å²) in [5, 5.41) is 12.3. The second-order valence-electron chi connectivity index (χ2n) is 4.95. The molecule has 1 N–H and O–H groups in total. The third kappa shape index (κ3) is 2.04. The largest absolute Gasteiger partial charge is 0.507 e. The summed E-state index contributed by atoms with van der Waals surface area (Å²) in [6, 6.07) is 20.6. The normalized spacial score (nSPS) is 11.3. The van der Waals surface area contributed by atoms with Crippen LogP contribution in [0.4, 0.5) is 0 Å². The summed E-state index contributed by atoms with van der Waals surface area (Å²) in [6.07, 6.45) is 0. The van der Waals surface area contributed by atoms with Gasteiger partial charge in [-0.15, -0.1) is 11.3 Å². The van der Waals surface area contributed by atoms with E-state index in [1.807, 2.05) is 18.2 Å². The number of hydrogen-bond acceptors (Lipinski definition) is 2. The molecule has 0 radical (unpaired) electrons. The molecule has 0 aliphatic heterocycles. The minimum Gasteiger partial charge on any atom is -0.507 e. The molecule has 0 aliphatic carbocycles. The first-order chi connectivity index (χ1) is 10.2. The van der Waals surface area contributed by atoms with Crippen molar-refractivity contribution in [3.05, 3.63) is 65.1 Å². The zero-order valence-corrected chi connectivity index (χ0v) is 13.4. The number of halogens is 1. The van der Waals surface area contributed by atoms with Crippen molar-refractivity contribution < 1.29 is 5.11 Å². The van der Waals surface area contributed by atoms with Gasteiger partial charge in [-0.25, -0.2) is 0 Å². The van der Waals surface area contributed by atoms with Gasteiger partial charge in [-0.1, -0.05) is 48.5 Å². The molecule has 3 aromatic carbocycles. The maximum Gasteiger partial charge on any atom is 0.131 e. The summed E-state index contributed by atoms with van der Waals surface area (Å²) >= 11 is 5.13. The van der Waals surface area contributed by atoms with E-state index in [9.17, 15) is 5.11 Å². The molecule has 102 valence electrons. The molecule has 0 amide bonds. The van der Waals surface area contributed by atoms with Gasteiger partial charge >= 0.3 is 0 Å². The average Bonchev–Trinajstić information content (AvgIpc) is 2.86. The van der Waals surface area contributed by atoms with Crippen LogP contribution < -0.4 is 0 Å². The lowest BCUT2D eigenvalue weighted by atomic mass is 10.0. The van der Waals surface area contributed by atoms with Gasteiger partial charge in [0.05, 0.1) is 4.47 Å². The monoisotopic (exact) mass is 354 g/mol. The van der Waals surface area contributed by atoms with Crippen LogP contribution in [0, 0.1) is 0 Å². The van der Waals surface area contributed by atoms with Gasteiger partial charge in [0.25, 0.3) is 0 Å². The Labute approximate surface area is 134 Å². The van der Waals surface area contributed by atoms with Crippen LogP contribution in [0.2, 0.25) is 0 Å². The summed E-state index contributed by atoms with van der Waals surface area (Å²) in [5.41, 5.74) is 2.46. The Balaban J connectivity index is 2.11. The van der Waals surface area contributed by atoms with E-state index in [0.717, 1.165) is 9.17 Å². The molecule has 4 aromatic rings. The molecule has 0 aliphatic rings. The number of aromatic hydroxyl groups is 1. The number of fused-ring (bicyclic) bond motifs is 3. The number of phenolic OH excluding ortho intramolecular Hbond substituents is 1. The van der Waals surface area contributed by atoms with Crippen LogP contribution in [0.15, 0.2) is 65.1 Å². The fourth-order valence-electron chi connectivity index (χ4n) is 2.65. The molecule has 1 nitrogen and oxygen atoms in total. The van der Waals surface area contributed by atoms with E-state index in [-0.39, 0.29) is 5.75 Å². The first kappa shape index (κ1) is 12.9. The smallest absolute Gasteiger partial charge is 0.131 e. The highest BCUT2D eigenvalue weighted by Gasteiger charge is 2.12. The number of phenols is 1. The van der Waals surface area contributed by atoms with Crippen molar-refractivity contribution in [3.63, 3.8) is 0 Å². The van der Waals surface area contributed by atoms with Crippen molar-refractivity contribution in [1.82, 2.24) is 0 Å². The predicted molar refractivity (Wildman–Crippen MR) is 94.1 cm³/mol. The highest BCUT2D eigenvalue weighted by atomic mass is 79.9. The summed E-state index contributed by atoms with van der Waals surface area (Å²) in [4.78, 5) is 0. The van der Waals surface area contributed by atoms with E-state index < -0.39 is 0 Å². The number of hydrogen-bond donors (Lipinski definition) is 1. The van der Waals surface area contributed by atoms with Crippen molar-refractivity contribution in [1.29, 1.82) is 0 Å². The third-order valence-electron chi connectivity index (χ3n) is 3.65. The lowest BCUT2D eigenvalue weighted by molar-refractivity contribution is 0.473. The van der Waals surface area contributed by atoms with Crippen molar-refractivity contribution >= 4 is 47.4 Å². The molecular formula is C18H11BrOS. The first-order valence-electron chi connectivity index (χ1n) is 6.63. The summed E-state index contributed by atoms with van der Waals surface area (Å²) in [5.74, 6) is 0.287. The summed E-state index contributed by atoms with van der Waals surface area (Å²) < 4.78 is 3.10. The zero-order valence-electron chi connectivity index (χ0n) is 11.0. The van der Waals surface area contributed by atoms with Crippen LogP contribution >= 0.6 is 27.3 Å². The topological polar surface area (TPSA) is 20.2 Å². The molecule has 0 fully saturated rings. The second kappa shape index (κ2) is 4.86. The Morgan fingerprint density at radius 3 is 2.48 bits per heavy atom. The first-order valence-corrected chi connectivity index (χ1v) is 8.24. The van der Waals surface area contributed by atoms with Gasteiger partial charge in [0, 0.05) is 20.2 Å². The Morgan fingerprint density at radius 2 is 1.67 bits per heavy atom. The quantitative estimate of drug-likeness (QED) is 0.432. The average molecular weight is 355 g/mol. The summed E-state index contributed by atoms with van der Waals surface area (Å²) in [7, 11) is 0. The lowest BCUT2D eigenvalue weighted by Crippen LogP contribution is -1.76. The van der Waals surface area contributed by atoms with E-state index in [2.05, 4.69) is 58.4 Å². The second-order valence-corrected chi connectivity index (χ2v) is 6.86. The maximum absolute atomic E-state index is 9.89. The van der Waals surface area contributed by atoms with E-state index >= 15 is 0 Å². The van der Waals surface area contributed by atoms with E-state index in [1.165, 1.54) is 26.6 Å². The van der Waals surface area contributed by atoms with Gasteiger partial charge in [0.15, 0.2) is 0 Å². The Bertz CT molecular complexity index is 957. The van der Waals surface area contributed by atoms with Gasteiger partial charge in [0.1, 0.15) is 5.75 Å². The number of thiophene rings is 1. The lowest BCUT2D eigenvalue weighted by Gasteiger charge is -2.02. The Kier molecular flexibility index (Phi) is 2.98. The Morgan fingerprint density at radius 1 is 0.857 bits per heavy atom. The third-order valence-corrected chi connectivity index (χ3v) is 5.49. The SMILES string of the molecule is Oc1cc2sc3c(-c4ccccc4)cccc3c2cc1Br. The van der Waals surface area contributed by atoms with Gasteiger partial charge in [-0.3, -0.25) is 0 Å². The van der Waals surface area contributed by atoms with Crippen LogP contribution in [-0.2, 0) is 0 Å². The molecule has 0 unspecified atom stereocenters. The Hall–Kier alpha value is -1.84. The number of rotatable bonds is 1. The molecule has 0 saturated carbocycles. The molecule has 0 bridgehead atoms. The van der Waals surface area contributed by atoms with Crippen LogP contribution in [0.3, 0.4) is 0 Å². The van der Waals surface area contributed by atoms with Gasteiger partial charge in [-0.05, 0) is 39.2 Å². The fraction of sp³-hybridized carbons (Fsp3) is 0. The zero-order chi connectivity index (χ0) is 14.4. The molecule has 4 rings (SSSR count). The standard InChI is InChI=1S/C18H11BrOS/c19-15-9-14-13-8-4-7-12(11-5-2-1-3-6-11)18(13)21-17(14)10-16(15)20/h1-10,20H. The van der Waals surface area contributed by atoms with Crippen molar-refractivity contribution in [2.24, 2.45) is 0 Å². The molecule has 0 spiro atoms. The highest BCUT2D eigenvalue weighted by molar-refractivity contribution is 9.10. The molecule has 1 aromatic heterocycles. The predicted octanol–water partition coefficient (Wildman–Crippen LogP) is 6.19. The summed E-state index contributed by atoms with van der Waals surface area (Å²) in [6.45, 7) is 0. The van der Waals surface area contributed by atoms with Crippen molar-refractivity contribution in [2.75, 3.05) is 0 Å².